The highest BCUT2D eigenvalue weighted by Gasteiger charge is 2.12. The molecule has 0 saturated carbocycles. The first-order valence-corrected chi connectivity index (χ1v) is 6.84. The number of nitrogens with zero attached hydrogens (tertiary/aromatic N) is 2. The smallest absolute Gasteiger partial charge is 0.239 e. The summed E-state index contributed by atoms with van der Waals surface area (Å²) in [6.45, 7) is 6.66. The van der Waals surface area contributed by atoms with Crippen LogP contribution in [0.15, 0.2) is 18.3 Å². The van der Waals surface area contributed by atoms with E-state index in [2.05, 4.69) is 29.0 Å². The monoisotopic (exact) mass is 352 g/mol. The summed E-state index contributed by atoms with van der Waals surface area (Å²) in [5.41, 5.74) is 6.58. The predicted octanol–water partition coefficient (Wildman–Crippen LogP) is 1.36. The van der Waals surface area contributed by atoms with E-state index < -0.39 is 6.04 Å². The molecular formula is C14H26Cl2N4O2. The van der Waals surface area contributed by atoms with Crippen LogP contribution >= 0.6 is 24.8 Å². The third-order valence-electron chi connectivity index (χ3n) is 3.05. The zero-order chi connectivity index (χ0) is 15.0. The van der Waals surface area contributed by atoms with Crippen molar-refractivity contribution in [1.29, 1.82) is 0 Å². The van der Waals surface area contributed by atoms with Gasteiger partial charge in [-0.2, -0.15) is 0 Å². The zero-order valence-electron chi connectivity index (χ0n) is 13.2. The number of hydrogen-bond donors (Lipinski definition) is 2. The Morgan fingerprint density at radius 3 is 2.45 bits per heavy atom. The highest BCUT2D eigenvalue weighted by atomic mass is 35.5. The SMILES string of the molecule is CCN(CC)c1ccc(CNC(=O)C(N)COC)cn1.Cl.Cl. The van der Waals surface area contributed by atoms with Gasteiger partial charge < -0.3 is 20.7 Å². The molecule has 0 aliphatic carbocycles. The minimum atomic E-state index is -0.636. The van der Waals surface area contributed by atoms with E-state index in [0.29, 0.717) is 6.54 Å². The van der Waals surface area contributed by atoms with Crippen LogP contribution in [0.3, 0.4) is 0 Å². The molecule has 1 aromatic rings. The molecule has 0 spiro atoms. The Morgan fingerprint density at radius 1 is 1.36 bits per heavy atom. The molecule has 0 aliphatic rings. The second kappa shape index (κ2) is 12.5. The first-order valence-electron chi connectivity index (χ1n) is 6.84. The van der Waals surface area contributed by atoms with Gasteiger partial charge in [0.1, 0.15) is 11.9 Å². The van der Waals surface area contributed by atoms with Crippen LogP contribution in [0.4, 0.5) is 5.82 Å². The molecule has 8 heteroatoms. The second-order valence-corrected chi connectivity index (χ2v) is 4.48. The number of amides is 1. The number of hydrogen-bond acceptors (Lipinski definition) is 5. The van der Waals surface area contributed by atoms with Crippen LogP contribution in [0, 0.1) is 0 Å². The maximum absolute atomic E-state index is 11.6. The van der Waals surface area contributed by atoms with Gasteiger partial charge in [-0.3, -0.25) is 4.79 Å². The average Bonchev–Trinajstić information content (AvgIpc) is 2.47. The highest BCUT2D eigenvalue weighted by Crippen LogP contribution is 2.10. The number of nitrogens with one attached hydrogen (secondary N) is 1. The fourth-order valence-electron chi connectivity index (χ4n) is 1.83. The Morgan fingerprint density at radius 2 is 2.00 bits per heavy atom. The summed E-state index contributed by atoms with van der Waals surface area (Å²) in [5.74, 6) is 0.723. The molecule has 1 amide bonds. The van der Waals surface area contributed by atoms with Crippen LogP contribution in [0.1, 0.15) is 19.4 Å². The van der Waals surface area contributed by atoms with Gasteiger partial charge in [0.05, 0.1) is 6.61 Å². The molecule has 0 aliphatic heterocycles. The van der Waals surface area contributed by atoms with Crippen LogP contribution in [0.25, 0.3) is 0 Å². The average molecular weight is 353 g/mol. The van der Waals surface area contributed by atoms with Gasteiger partial charge in [-0.05, 0) is 25.5 Å². The summed E-state index contributed by atoms with van der Waals surface area (Å²) in [7, 11) is 1.52. The molecule has 0 saturated heterocycles. The summed E-state index contributed by atoms with van der Waals surface area (Å²) in [6.07, 6.45) is 1.77. The van der Waals surface area contributed by atoms with Crippen molar-refractivity contribution >= 4 is 36.5 Å². The number of nitrogens with two attached hydrogens (primary N) is 1. The molecule has 1 rings (SSSR count). The van der Waals surface area contributed by atoms with Crippen LogP contribution < -0.4 is 16.0 Å². The topological polar surface area (TPSA) is 80.5 Å². The van der Waals surface area contributed by atoms with E-state index in [1.807, 2.05) is 12.1 Å². The summed E-state index contributed by atoms with van der Waals surface area (Å²) in [6, 6.07) is 3.29. The normalized spacial score (nSPS) is 10.9. The lowest BCUT2D eigenvalue weighted by Crippen LogP contribution is -2.43. The van der Waals surface area contributed by atoms with Gasteiger partial charge in [0, 0.05) is 32.9 Å². The Kier molecular flexibility index (Phi) is 13.1. The molecule has 128 valence electrons. The predicted molar refractivity (Wildman–Crippen MR) is 94.0 cm³/mol. The Bertz CT molecular complexity index is 414. The molecule has 0 radical (unpaired) electrons. The number of ether oxygens (including phenoxy) is 1. The van der Waals surface area contributed by atoms with E-state index in [0.717, 1.165) is 24.5 Å². The van der Waals surface area contributed by atoms with Gasteiger partial charge in [-0.25, -0.2) is 4.98 Å². The summed E-state index contributed by atoms with van der Waals surface area (Å²) in [5, 5.41) is 2.76. The third-order valence-corrected chi connectivity index (χ3v) is 3.05. The number of carbonyl (C=O) groups is 1. The van der Waals surface area contributed by atoms with E-state index >= 15 is 0 Å². The molecule has 0 bridgehead atoms. The Hall–Kier alpha value is -1.08. The van der Waals surface area contributed by atoms with Crippen molar-refractivity contribution < 1.29 is 9.53 Å². The molecule has 22 heavy (non-hydrogen) atoms. The molecule has 1 unspecified atom stereocenters. The van der Waals surface area contributed by atoms with Gasteiger partial charge in [0.2, 0.25) is 5.91 Å². The van der Waals surface area contributed by atoms with Gasteiger partial charge in [0.15, 0.2) is 0 Å². The Balaban J connectivity index is 0. The zero-order valence-corrected chi connectivity index (χ0v) is 14.9. The van der Waals surface area contributed by atoms with E-state index in [-0.39, 0.29) is 37.3 Å². The fourth-order valence-corrected chi connectivity index (χ4v) is 1.83. The number of carbonyl (C=O) groups excluding carboxylic acids is 1. The maximum atomic E-state index is 11.6. The number of aromatic nitrogens is 1. The molecule has 1 atom stereocenters. The number of rotatable bonds is 8. The van der Waals surface area contributed by atoms with E-state index in [4.69, 9.17) is 10.5 Å². The van der Waals surface area contributed by atoms with Crippen LogP contribution in [0.2, 0.25) is 0 Å². The van der Waals surface area contributed by atoms with Gasteiger partial charge in [-0.15, -0.1) is 24.8 Å². The molecule has 1 aromatic heterocycles. The summed E-state index contributed by atoms with van der Waals surface area (Å²) >= 11 is 0. The van der Waals surface area contributed by atoms with Gasteiger partial charge in [0.25, 0.3) is 0 Å². The first kappa shape index (κ1) is 23.2. The number of methoxy groups -OCH3 is 1. The second-order valence-electron chi connectivity index (χ2n) is 4.48. The van der Waals surface area contributed by atoms with E-state index in [1.54, 1.807) is 6.20 Å². The summed E-state index contributed by atoms with van der Waals surface area (Å²) in [4.78, 5) is 18.2. The van der Waals surface area contributed by atoms with Crippen LogP contribution in [-0.4, -0.2) is 43.7 Å². The standard InChI is InChI=1S/C14H24N4O2.2ClH/c1-4-18(5-2)13-7-6-11(8-16-13)9-17-14(19)12(15)10-20-3;;/h6-8,12H,4-5,9-10,15H2,1-3H3,(H,17,19);2*1H. The van der Waals surface area contributed by atoms with Crippen molar-refractivity contribution in [3.8, 4) is 0 Å². The number of pyridine rings is 1. The minimum Gasteiger partial charge on any atom is -0.383 e. The highest BCUT2D eigenvalue weighted by molar-refractivity contribution is 5.85. The number of halogens is 2. The molecular weight excluding hydrogens is 327 g/mol. The molecule has 1 heterocycles. The van der Waals surface area contributed by atoms with Crippen molar-refractivity contribution in [2.45, 2.75) is 26.4 Å². The third kappa shape index (κ3) is 7.26. The number of anilines is 1. The van der Waals surface area contributed by atoms with Crippen LogP contribution in [-0.2, 0) is 16.1 Å². The Labute approximate surface area is 144 Å². The van der Waals surface area contributed by atoms with Crippen molar-refractivity contribution in [2.24, 2.45) is 5.73 Å². The van der Waals surface area contributed by atoms with Crippen molar-refractivity contribution in [3.05, 3.63) is 23.9 Å². The largest absolute Gasteiger partial charge is 0.383 e. The maximum Gasteiger partial charge on any atom is 0.239 e. The van der Waals surface area contributed by atoms with E-state index in [9.17, 15) is 4.79 Å². The lowest BCUT2D eigenvalue weighted by molar-refractivity contribution is -0.123. The minimum absolute atomic E-state index is 0. The fraction of sp³-hybridized carbons (Fsp3) is 0.571. The quantitative estimate of drug-likeness (QED) is 0.738. The summed E-state index contributed by atoms with van der Waals surface area (Å²) < 4.78 is 4.84. The van der Waals surface area contributed by atoms with Crippen molar-refractivity contribution in [2.75, 3.05) is 31.7 Å². The van der Waals surface area contributed by atoms with Crippen LogP contribution in [0.5, 0.6) is 0 Å². The van der Waals surface area contributed by atoms with Crippen molar-refractivity contribution in [3.63, 3.8) is 0 Å². The van der Waals surface area contributed by atoms with Gasteiger partial charge in [-0.1, -0.05) is 6.07 Å². The van der Waals surface area contributed by atoms with Crippen molar-refractivity contribution in [1.82, 2.24) is 10.3 Å². The van der Waals surface area contributed by atoms with Gasteiger partial charge >= 0.3 is 0 Å². The molecule has 6 nitrogen and oxygen atoms in total. The lowest BCUT2D eigenvalue weighted by Gasteiger charge is -2.19. The molecule has 0 fully saturated rings. The lowest BCUT2D eigenvalue weighted by atomic mass is 10.2. The molecule has 0 aromatic carbocycles. The molecule has 3 N–H and O–H groups in total. The van der Waals surface area contributed by atoms with E-state index in [1.165, 1.54) is 7.11 Å². The first-order chi connectivity index (χ1) is 9.62.